The van der Waals surface area contributed by atoms with Crippen LogP contribution in [0.3, 0.4) is 0 Å². The first-order valence-corrected chi connectivity index (χ1v) is 11.0. The number of hydrogen-bond acceptors (Lipinski definition) is 8. The molecular formula is C25H24N4O7. The molecule has 0 aliphatic heterocycles. The van der Waals surface area contributed by atoms with E-state index in [1.54, 1.807) is 6.92 Å². The van der Waals surface area contributed by atoms with Gasteiger partial charge in [0.05, 0.1) is 6.04 Å². The molecule has 0 spiro atoms. The minimum Gasteiger partial charge on any atom is -0.428 e. The van der Waals surface area contributed by atoms with E-state index >= 15 is 0 Å². The molecule has 0 atom stereocenters. The number of ether oxygens (including phenoxy) is 2. The first kappa shape index (κ1) is 25.8. The van der Waals surface area contributed by atoms with Gasteiger partial charge in [0.15, 0.2) is 5.82 Å². The van der Waals surface area contributed by atoms with E-state index in [2.05, 4.69) is 30.1 Å². The van der Waals surface area contributed by atoms with Crippen molar-refractivity contribution in [2.75, 3.05) is 13.3 Å². The summed E-state index contributed by atoms with van der Waals surface area (Å²) < 4.78 is 9.24. The molecule has 3 rings (SSSR count). The van der Waals surface area contributed by atoms with Crippen molar-refractivity contribution < 1.29 is 28.7 Å². The highest BCUT2D eigenvalue weighted by molar-refractivity contribution is 5.95. The molecule has 0 unspecified atom stereocenters. The number of benzene rings is 2. The van der Waals surface area contributed by atoms with E-state index in [-0.39, 0.29) is 12.0 Å². The summed E-state index contributed by atoms with van der Waals surface area (Å²) in [5.74, 6) is -3.36. The zero-order valence-corrected chi connectivity index (χ0v) is 19.4. The smallest absolute Gasteiger partial charge is 0.328 e. The van der Waals surface area contributed by atoms with E-state index < -0.39 is 54.5 Å². The monoisotopic (exact) mass is 492 g/mol. The van der Waals surface area contributed by atoms with Gasteiger partial charge in [-0.05, 0) is 11.1 Å². The van der Waals surface area contributed by atoms with Crippen molar-refractivity contribution in [3.63, 3.8) is 0 Å². The molecule has 2 amide bonds. The molecule has 0 saturated heterocycles. The Labute approximate surface area is 205 Å². The number of aromatic nitrogens is 2. The molecular weight excluding hydrogens is 468 g/mol. The third-order valence-corrected chi connectivity index (χ3v) is 4.92. The molecule has 186 valence electrons. The molecule has 11 nitrogen and oxygen atoms in total. The fraction of sp³-hybridized carbons (Fsp3) is 0.200. The average Bonchev–Trinajstić information content (AvgIpc) is 2.91. The molecule has 0 bridgehead atoms. The Morgan fingerprint density at radius 3 is 2.03 bits per heavy atom. The highest BCUT2D eigenvalue weighted by atomic mass is 16.7. The third kappa shape index (κ3) is 7.10. The van der Waals surface area contributed by atoms with Crippen molar-refractivity contribution >= 4 is 23.8 Å². The fourth-order valence-electron chi connectivity index (χ4n) is 3.08. The van der Waals surface area contributed by atoms with Gasteiger partial charge in [0.25, 0.3) is 17.4 Å². The Morgan fingerprint density at radius 1 is 0.889 bits per heavy atom. The Morgan fingerprint density at radius 2 is 1.47 bits per heavy atom. The van der Waals surface area contributed by atoms with Gasteiger partial charge in [-0.2, -0.15) is 0 Å². The molecule has 0 aliphatic rings. The van der Waals surface area contributed by atoms with Crippen molar-refractivity contribution in [1.82, 2.24) is 20.6 Å². The molecule has 1 aromatic heterocycles. The Bertz CT molecular complexity index is 1240. The summed E-state index contributed by atoms with van der Waals surface area (Å²) >= 11 is 0. The van der Waals surface area contributed by atoms with Crippen LogP contribution in [0.5, 0.6) is 0 Å². The lowest BCUT2D eigenvalue weighted by molar-refractivity contribution is -0.166. The van der Waals surface area contributed by atoms with Crippen molar-refractivity contribution in [2.45, 2.75) is 19.4 Å². The second-order valence-electron chi connectivity index (χ2n) is 7.39. The van der Waals surface area contributed by atoms with Crippen molar-refractivity contribution in [2.24, 2.45) is 0 Å². The Hall–Kier alpha value is -4.80. The van der Waals surface area contributed by atoms with Crippen molar-refractivity contribution in [3.05, 3.63) is 99.7 Å². The van der Waals surface area contributed by atoms with Crippen molar-refractivity contribution in [1.29, 1.82) is 0 Å². The lowest BCUT2D eigenvalue weighted by atomic mass is 9.98. The molecule has 0 fully saturated rings. The third-order valence-electron chi connectivity index (χ3n) is 4.92. The first-order valence-electron chi connectivity index (χ1n) is 11.0. The summed E-state index contributed by atoms with van der Waals surface area (Å²) in [7, 11) is 0. The molecule has 1 heterocycles. The van der Waals surface area contributed by atoms with E-state index in [1.807, 2.05) is 60.7 Å². The number of carbonyl (C=O) groups is 4. The maximum absolute atomic E-state index is 12.9. The van der Waals surface area contributed by atoms with Crippen LogP contribution in [0.1, 0.15) is 51.5 Å². The van der Waals surface area contributed by atoms with Gasteiger partial charge in [-0.15, -0.1) is 0 Å². The maximum atomic E-state index is 12.9. The van der Waals surface area contributed by atoms with Crippen LogP contribution in [0.4, 0.5) is 0 Å². The van der Waals surface area contributed by atoms with E-state index in [0.717, 1.165) is 17.3 Å². The number of nitrogens with one attached hydrogen (secondary N) is 3. The SMILES string of the molecule is CCC(=O)OCOC(=O)CNC(=O)c1ncc(C(=O)NC(c2ccccc2)c2ccccc2)c(=O)[nH]1. The molecule has 2 aromatic carbocycles. The first-order chi connectivity index (χ1) is 17.4. The van der Waals surface area contributed by atoms with Gasteiger partial charge in [-0.25, -0.2) is 4.98 Å². The Kier molecular flexibility index (Phi) is 9.04. The van der Waals surface area contributed by atoms with Crippen LogP contribution in [0.2, 0.25) is 0 Å². The summed E-state index contributed by atoms with van der Waals surface area (Å²) in [6.45, 7) is 0.454. The predicted molar refractivity (Wildman–Crippen MR) is 127 cm³/mol. The van der Waals surface area contributed by atoms with Crippen molar-refractivity contribution in [3.8, 4) is 0 Å². The van der Waals surface area contributed by atoms with Gasteiger partial charge >= 0.3 is 11.9 Å². The molecule has 3 N–H and O–H groups in total. The summed E-state index contributed by atoms with van der Waals surface area (Å²) in [5, 5.41) is 5.05. The van der Waals surface area contributed by atoms with Gasteiger partial charge < -0.3 is 25.1 Å². The highest BCUT2D eigenvalue weighted by Gasteiger charge is 2.21. The number of rotatable bonds is 10. The largest absolute Gasteiger partial charge is 0.428 e. The van der Waals surface area contributed by atoms with Crippen LogP contribution < -0.4 is 16.2 Å². The average molecular weight is 492 g/mol. The van der Waals surface area contributed by atoms with Gasteiger partial charge in [0.1, 0.15) is 12.1 Å². The van der Waals surface area contributed by atoms with Crippen LogP contribution in [-0.4, -0.2) is 47.1 Å². The number of aromatic amines is 1. The van der Waals surface area contributed by atoms with Crippen LogP contribution in [0, 0.1) is 0 Å². The standard InChI is InChI=1S/C25H24N4O7/c1-2-19(30)35-15-36-20(31)14-27-25(34)22-26-13-18(24(33)29-22)23(32)28-21(16-9-5-3-6-10-16)17-11-7-4-8-12-17/h3-13,21H,2,14-15H2,1H3,(H,27,34)(H,28,32)(H,26,29,33). The maximum Gasteiger partial charge on any atom is 0.328 e. The summed E-state index contributed by atoms with van der Waals surface area (Å²) in [4.78, 5) is 66.4. The van der Waals surface area contributed by atoms with E-state index in [9.17, 15) is 24.0 Å². The molecule has 3 aromatic rings. The number of hydrogen-bond donors (Lipinski definition) is 3. The van der Waals surface area contributed by atoms with Crippen LogP contribution in [0.25, 0.3) is 0 Å². The second kappa shape index (κ2) is 12.6. The lowest BCUT2D eigenvalue weighted by Crippen LogP contribution is -2.36. The molecule has 0 aliphatic carbocycles. The zero-order chi connectivity index (χ0) is 25.9. The second-order valence-corrected chi connectivity index (χ2v) is 7.39. The normalized spacial score (nSPS) is 10.4. The molecule has 36 heavy (non-hydrogen) atoms. The van der Waals surface area contributed by atoms with Gasteiger partial charge in [-0.1, -0.05) is 67.6 Å². The van der Waals surface area contributed by atoms with E-state index in [1.165, 1.54) is 0 Å². The number of nitrogens with zero attached hydrogens (tertiary/aromatic N) is 1. The number of esters is 2. The van der Waals surface area contributed by atoms with Crippen LogP contribution >= 0.6 is 0 Å². The summed E-state index contributed by atoms with van der Waals surface area (Å²) in [5.41, 5.74) is 0.504. The predicted octanol–water partition coefficient (Wildman–Crippen LogP) is 1.47. The minimum atomic E-state index is -0.868. The summed E-state index contributed by atoms with van der Waals surface area (Å²) in [6, 6.07) is 18.0. The van der Waals surface area contributed by atoms with Crippen LogP contribution in [-0.2, 0) is 19.1 Å². The number of carbonyl (C=O) groups excluding carboxylic acids is 4. The minimum absolute atomic E-state index is 0.126. The fourth-order valence-corrected chi connectivity index (χ4v) is 3.08. The molecule has 0 saturated carbocycles. The van der Waals surface area contributed by atoms with Gasteiger partial charge in [-0.3, -0.25) is 24.0 Å². The van der Waals surface area contributed by atoms with Crippen LogP contribution in [0.15, 0.2) is 71.7 Å². The van der Waals surface area contributed by atoms with E-state index in [4.69, 9.17) is 0 Å². The topological polar surface area (TPSA) is 157 Å². The van der Waals surface area contributed by atoms with Gasteiger partial charge in [0, 0.05) is 12.6 Å². The summed E-state index contributed by atoms with van der Waals surface area (Å²) in [6.07, 6.45) is 1.11. The molecule has 0 radical (unpaired) electrons. The number of amides is 2. The van der Waals surface area contributed by atoms with Gasteiger partial charge in [0.2, 0.25) is 6.79 Å². The quantitative estimate of drug-likeness (QED) is 0.284. The number of H-pyrrole nitrogens is 1. The Balaban J connectivity index is 1.64. The lowest BCUT2D eigenvalue weighted by Gasteiger charge is -2.19. The zero-order valence-electron chi connectivity index (χ0n) is 19.4. The highest BCUT2D eigenvalue weighted by Crippen LogP contribution is 2.22. The van der Waals surface area contributed by atoms with E-state index in [0.29, 0.717) is 0 Å². The molecule has 11 heteroatoms.